The second-order valence-corrected chi connectivity index (χ2v) is 11.7. The first-order valence-corrected chi connectivity index (χ1v) is 12.9. The van der Waals surface area contributed by atoms with Crippen molar-refractivity contribution in [3.63, 3.8) is 0 Å². The van der Waals surface area contributed by atoms with Crippen LogP contribution in [0.5, 0.6) is 5.75 Å². The van der Waals surface area contributed by atoms with E-state index in [0.29, 0.717) is 12.5 Å². The number of hydrogen-bond acceptors (Lipinski definition) is 6. The maximum atomic E-state index is 13.1. The molecule has 1 fully saturated rings. The number of nitrogens with one attached hydrogen (secondary N) is 1. The Kier molecular flexibility index (Phi) is 7.65. The van der Waals surface area contributed by atoms with Gasteiger partial charge in [-0.2, -0.15) is 9.78 Å². The molecular weight excluding hydrogens is 468 g/mol. The third kappa shape index (κ3) is 6.01. The summed E-state index contributed by atoms with van der Waals surface area (Å²) in [4.78, 5) is 16.7. The number of likely N-dealkylation sites (tertiary alicyclic amines) is 1. The van der Waals surface area contributed by atoms with Crippen molar-refractivity contribution in [2.45, 2.75) is 52.6 Å². The highest BCUT2D eigenvalue weighted by Gasteiger charge is 2.29. The standard InChI is InChI=1S/C26H33ClN4O2S/c1-26(2,3)25(32)31-24(28-16-21-8-9-23(27)34-21)15-22(29-31)19-10-12-30(13-11-19)17-18-6-5-7-20(14-18)33-4/h5-9,14-15,19,28H,10-13,16-17H2,1-4H3. The Morgan fingerprint density at radius 3 is 2.62 bits per heavy atom. The molecule has 3 aromatic rings. The number of nitrogens with zero attached hydrogens (tertiary/aromatic N) is 3. The van der Waals surface area contributed by atoms with Crippen LogP contribution in [0.15, 0.2) is 42.5 Å². The first kappa shape index (κ1) is 24.8. The van der Waals surface area contributed by atoms with E-state index in [1.54, 1.807) is 11.8 Å². The van der Waals surface area contributed by atoms with Crippen molar-refractivity contribution in [3.8, 4) is 5.75 Å². The molecule has 0 saturated carbocycles. The molecule has 0 spiro atoms. The van der Waals surface area contributed by atoms with E-state index in [1.807, 2.05) is 45.0 Å². The molecule has 0 atom stereocenters. The van der Waals surface area contributed by atoms with E-state index in [0.717, 1.165) is 59.0 Å². The highest BCUT2D eigenvalue weighted by Crippen LogP contribution is 2.31. The molecule has 2 aromatic heterocycles. The van der Waals surface area contributed by atoms with Crippen molar-refractivity contribution in [1.29, 1.82) is 0 Å². The summed E-state index contributed by atoms with van der Waals surface area (Å²) in [5.74, 6) is 1.97. The molecule has 4 rings (SSSR count). The van der Waals surface area contributed by atoms with Gasteiger partial charge in [0.15, 0.2) is 0 Å². The first-order valence-electron chi connectivity index (χ1n) is 11.7. The van der Waals surface area contributed by atoms with E-state index in [1.165, 1.54) is 16.9 Å². The third-order valence-electron chi connectivity index (χ3n) is 6.18. The molecule has 1 aliphatic heterocycles. The quantitative estimate of drug-likeness (QED) is 0.413. The lowest BCUT2D eigenvalue weighted by atomic mass is 9.93. The fourth-order valence-electron chi connectivity index (χ4n) is 4.24. The zero-order chi connectivity index (χ0) is 24.3. The number of ether oxygens (including phenoxy) is 1. The molecule has 0 bridgehead atoms. The van der Waals surface area contributed by atoms with Crippen LogP contribution in [0.4, 0.5) is 5.82 Å². The van der Waals surface area contributed by atoms with Gasteiger partial charge >= 0.3 is 0 Å². The number of anilines is 1. The lowest BCUT2D eigenvalue weighted by Crippen LogP contribution is -2.33. The minimum atomic E-state index is -0.522. The lowest BCUT2D eigenvalue weighted by molar-refractivity contribution is 0.0750. The number of halogens is 1. The van der Waals surface area contributed by atoms with E-state index in [2.05, 4.69) is 28.4 Å². The number of thiophene rings is 1. The fourth-order valence-corrected chi connectivity index (χ4v) is 5.26. The Balaban J connectivity index is 1.44. The Bertz CT molecular complexity index is 1130. The third-order valence-corrected chi connectivity index (χ3v) is 7.41. The van der Waals surface area contributed by atoms with Crippen LogP contribution in [-0.2, 0) is 13.1 Å². The van der Waals surface area contributed by atoms with Crippen LogP contribution in [0.2, 0.25) is 4.34 Å². The molecule has 6 nitrogen and oxygen atoms in total. The van der Waals surface area contributed by atoms with E-state index < -0.39 is 5.41 Å². The summed E-state index contributed by atoms with van der Waals surface area (Å²) < 4.78 is 7.68. The minimum absolute atomic E-state index is 0.0130. The number of rotatable bonds is 7. The molecule has 34 heavy (non-hydrogen) atoms. The average molecular weight is 501 g/mol. The summed E-state index contributed by atoms with van der Waals surface area (Å²) in [6.45, 7) is 9.30. The minimum Gasteiger partial charge on any atom is -0.497 e. The summed E-state index contributed by atoms with van der Waals surface area (Å²) in [5.41, 5.74) is 1.73. The number of piperidine rings is 1. The van der Waals surface area contributed by atoms with Crippen LogP contribution in [-0.4, -0.2) is 40.8 Å². The Morgan fingerprint density at radius 2 is 1.97 bits per heavy atom. The van der Waals surface area contributed by atoms with Crippen LogP contribution >= 0.6 is 22.9 Å². The van der Waals surface area contributed by atoms with Gasteiger partial charge in [-0.05, 0) is 55.8 Å². The van der Waals surface area contributed by atoms with E-state index in [4.69, 9.17) is 21.4 Å². The van der Waals surface area contributed by atoms with Crippen molar-refractivity contribution in [1.82, 2.24) is 14.7 Å². The number of carbonyl (C=O) groups excluding carboxylic acids is 1. The van der Waals surface area contributed by atoms with Crippen molar-refractivity contribution in [2.75, 3.05) is 25.5 Å². The molecule has 8 heteroatoms. The van der Waals surface area contributed by atoms with Crippen molar-refractivity contribution in [3.05, 3.63) is 62.9 Å². The molecule has 3 heterocycles. The SMILES string of the molecule is COc1cccc(CN2CCC(c3cc(NCc4ccc(Cl)s4)n(C(=O)C(C)(C)C)n3)CC2)c1. The molecule has 1 aliphatic rings. The maximum absolute atomic E-state index is 13.1. The van der Waals surface area contributed by atoms with Crippen molar-refractivity contribution >= 4 is 34.7 Å². The van der Waals surface area contributed by atoms with Crippen molar-refractivity contribution in [2.24, 2.45) is 5.41 Å². The van der Waals surface area contributed by atoms with Gasteiger partial charge in [-0.25, -0.2) is 0 Å². The number of methoxy groups -OCH3 is 1. The number of benzene rings is 1. The van der Waals surface area contributed by atoms with Gasteiger partial charge in [0.25, 0.3) is 5.91 Å². The smallest absolute Gasteiger partial charge is 0.254 e. The zero-order valence-corrected chi connectivity index (χ0v) is 21.9. The molecule has 1 aromatic carbocycles. The lowest BCUT2D eigenvalue weighted by Gasteiger charge is -2.31. The molecule has 0 amide bonds. The fraction of sp³-hybridized carbons (Fsp3) is 0.462. The highest BCUT2D eigenvalue weighted by atomic mass is 35.5. The largest absolute Gasteiger partial charge is 0.497 e. The topological polar surface area (TPSA) is 59.4 Å². The van der Waals surface area contributed by atoms with Crippen LogP contribution < -0.4 is 10.1 Å². The van der Waals surface area contributed by atoms with Gasteiger partial charge in [-0.15, -0.1) is 11.3 Å². The highest BCUT2D eigenvalue weighted by molar-refractivity contribution is 7.16. The summed E-state index contributed by atoms with van der Waals surface area (Å²) in [5, 5.41) is 8.21. The van der Waals surface area contributed by atoms with E-state index in [-0.39, 0.29) is 5.91 Å². The second kappa shape index (κ2) is 10.5. The Hall–Kier alpha value is -2.35. The summed E-state index contributed by atoms with van der Waals surface area (Å²) in [7, 11) is 1.70. The van der Waals surface area contributed by atoms with Crippen LogP contribution in [0, 0.1) is 5.41 Å². The predicted molar refractivity (Wildman–Crippen MR) is 139 cm³/mol. The summed E-state index contributed by atoms with van der Waals surface area (Å²) in [6, 6.07) is 14.2. The van der Waals surface area contributed by atoms with Gasteiger partial charge in [-0.1, -0.05) is 44.5 Å². The maximum Gasteiger partial charge on any atom is 0.254 e. The number of aromatic nitrogens is 2. The Morgan fingerprint density at radius 1 is 1.21 bits per heavy atom. The van der Waals surface area contributed by atoms with E-state index >= 15 is 0 Å². The van der Waals surface area contributed by atoms with Crippen LogP contribution in [0.3, 0.4) is 0 Å². The van der Waals surface area contributed by atoms with Gasteiger partial charge in [0.2, 0.25) is 0 Å². The van der Waals surface area contributed by atoms with Gasteiger partial charge in [0.05, 0.1) is 23.7 Å². The normalized spacial score (nSPS) is 15.4. The van der Waals surface area contributed by atoms with Crippen LogP contribution in [0.1, 0.15) is 60.5 Å². The van der Waals surface area contributed by atoms with Gasteiger partial charge in [0.1, 0.15) is 11.6 Å². The molecule has 182 valence electrons. The van der Waals surface area contributed by atoms with Gasteiger partial charge in [-0.3, -0.25) is 9.69 Å². The zero-order valence-electron chi connectivity index (χ0n) is 20.3. The summed E-state index contributed by atoms with van der Waals surface area (Å²) in [6.07, 6.45) is 2.04. The van der Waals surface area contributed by atoms with E-state index in [9.17, 15) is 4.79 Å². The predicted octanol–water partition coefficient (Wildman–Crippen LogP) is 6.28. The number of carbonyl (C=O) groups is 1. The summed E-state index contributed by atoms with van der Waals surface area (Å²) >= 11 is 7.62. The number of hydrogen-bond donors (Lipinski definition) is 1. The van der Waals surface area contributed by atoms with Crippen LogP contribution in [0.25, 0.3) is 0 Å². The van der Waals surface area contributed by atoms with Crippen molar-refractivity contribution < 1.29 is 9.53 Å². The van der Waals surface area contributed by atoms with Gasteiger partial charge < -0.3 is 10.1 Å². The molecule has 1 N–H and O–H groups in total. The average Bonchev–Trinajstić information content (AvgIpc) is 3.43. The second-order valence-electron chi connectivity index (χ2n) is 9.88. The first-order chi connectivity index (χ1) is 16.2. The molecule has 1 saturated heterocycles. The molecule has 0 radical (unpaired) electrons. The molecule has 0 unspecified atom stereocenters. The molecular formula is C26H33ClN4O2S. The van der Waals surface area contributed by atoms with Gasteiger partial charge in [0, 0.05) is 28.8 Å². The Labute approximate surface area is 210 Å². The monoisotopic (exact) mass is 500 g/mol. The molecule has 0 aliphatic carbocycles.